The molecular weight excluding hydrogens is 314 g/mol. The van der Waals surface area contributed by atoms with Gasteiger partial charge < -0.3 is 14.2 Å². The van der Waals surface area contributed by atoms with E-state index in [0.717, 1.165) is 0 Å². The number of hydrogen-bond donors (Lipinski definition) is 0. The van der Waals surface area contributed by atoms with Crippen LogP contribution in [0.25, 0.3) is 0 Å². The Morgan fingerprint density at radius 3 is 2.58 bits per heavy atom. The van der Waals surface area contributed by atoms with Crippen LogP contribution >= 0.6 is 0 Å². The van der Waals surface area contributed by atoms with E-state index in [-0.39, 0.29) is 18.0 Å². The smallest absolute Gasteiger partial charge is 0.347 e. The molecule has 0 aromatic heterocycles. The molecule has 0 saturated heterocycles. The number of benzene rings is 2. The van der Waals surface area contributed by atoms with Gasteiger partial charge in [-0.05, 0) is 32.0 Å². The Morgan fingerprint density at radius 2 is 1.88 bits per heavy atom. The molecule has 2 rings (SSSR count). The molecule has 0 heterocycles. The first-order valence-electron chi connectivity index (χ1n) is 7.36. The highest BCUT2D eigenvalue weighted by atomic mass is 16.6. The van der Waals surface area contributed by atoms with Crippen LogP contribution < -0.4 is 9.47 Å². The van der Waals surface area contributed by atoms with E-state index in [9.17, 15) is 14.9 Å². The van der Waals surface area contributed by atoms with Gasteiger partial charge in [0.2, 0.25) is 5.75 Å². The minimum absolute atomic E-state index is 0.123. The number of hydrogen-bond acceptors (Lipinski definition) is 6. The topological polar surface area (TPSA) is 87.9 Å². The summed E-state index contributed by atoms with van der Waals surface area (Å²) in [4.78, 5) is 22.1. The van der Waals surface area contributed by atoms with Crippen LogP contribution in [0.3, 0.4) is 0 Å². The number of carbonyl (C=O) groups excluding carboxylic acids is 1. The van der Waals surface area contributed by atoms with Crippen molar-refractivity contribution in [2.24, 2.45) is 0 Å². The van der Waals surface area contributed by atoms with Crippen molar-refractivity contribution in [2.45, 2.75) is 20.0 Å². The summed E-state index contributed by atoms with van der Waals surface area (Å²) in [7, 11) is 0. The zero-order chi connectivity index (χ0) is 17.5. The lowest BCUT2D eigenvalue weighted by atomic mass is 10.3. The molecule has 0 aliphatic carbocycles. The van der Waals surface area contributed by atoms with Crippen LogP contribution in [0.5, 0.6) is 17.2 Å². The van der Waals surface area contributed by atoms with Crippen LogP contribution in [0.4, 0.5) is 5.69 Å². The van der Waals surface area contributed by atoms with Gasteiger partial charge in [0, 0.05) is 12.1 Å². The van der Waals surface area contributed by atoms with Crippen LogP contribution in [0.2, 0.25) is 0 Å². The SMILES string of the molecule is CCOC(=O)C(C)Oc1cccc(Oc2ccccc2[N+](=O)[O-])c1. The Balaban J connectivity index is 2.14. The number of nitro groups is 1. The number of carbonyl (C=O) groups is 1. The summed E-state index contributed by atoms with van der Waals surface area (Å²) in [5, 5.41) is 11.0. The number of rotatable bonds is 7. The largest absolute Gasteiger partial charge is 0.479 e. The van der Waals surface area contributed by atoms with E-state index >= 15 is 0 Å². The zero-order valence-corrected chi connectivity index (χ0v) is 13.3. The van der Waals surface area contributed by atoms with Gasteiger partial charge in [0.25, 0.3) is 0 Å². The Morgan fingerprint density at radius 1 is 1.17 bits per heavy atom. The number of ether oxygens (including phenoxy) is 3. The fraction of sp³-hybridized carbons (Fsp3) is 0.235. The maximum Gasteiger partial charge on any atom is 0.347 e. The molecule has 0 spiro atoms. The van der Waals surface area contributed by atoms with E-state index in [1.807, 2.05) is 0 Å². The van der Waals surface area contributed by atoms with Gasteiger partial charge in [-0.25, -0.2) is 4.79 Å². The molecule has 1 unspecified atom stereocenters. The van der Waals surface area contributed by atoms with Gasteiger partial charge in [0.15, 0.2) is 6.10 Å². The van der Waals surface area contributed by atoms with Crippen molar-refractivity contribution in [2.75, 3.05) is 6.61 Å². The summed E-state index contributed by atoms with van der Waals surface area (Å²) in [5.74, 6) is 0.408. The highest BCUT2D eigenvalue weighted by Gasteiger charge is 2.17. The maximum atomic E-state index is 11.6. The van der Waals surface area contributed by atoms with Crippen molar-refractivity contribution in [1.29, 1.82) is 0 Å². The second-order valence-corrected chi connectivity index (χ2v) is 4.81. The van der Waals surface area contributed by atoms with E-state index in [1.54, 1.807) is 50.2 Å². The lowest BCUT2D eigenvalue weighted by molar-refractivity contribution is -0.385. The van der Waals surface area contributed by atoms with Crippen molar-refractivity contribution < 1.29 is 23.9 Å². The minimum atomic E-state index is -0.772. The molecule has 0 N–H and O–H groups in total. The molecule has 0 aliphatic heterocycles. The van der Waals surface area contributed by atoms with Crippen molar-refractivity contribution in [3.8, 4) is 17.2 Å². The molecule has 126 valence electrons. The van der Waals surface area contributed by atoms with Gasteiger partial charge in [-0.2, -0.15) is 0 Å². The summed E-state index contributed by atoms with van der Waals surface area (Å²) in [6.45, 7) is 3.56. The normalized spacial score (nSPS) is 11.4. The second kappa shape index (κ2) is 7.96. The van der Waals surface area contributed by atoms with Crippen molar-refractivity contribution in [3.63, 3.8) is 0 Å². The lowest BCUT2D eigenvalue weighted by Crippen LogP contribution is -2.26. The molecule has 1 atom stereocenters. The molecule has 24 heavy (non-hydrogen) atoms. The number of esters is 1. The summed E-state index contributed by atoms with van der Waals surface area (Å²) in [6, 6.07) is 12.6. The third kappa shape index (κ3) is 4.45. The molecule has 0 saturated carbocycles. The Bertz CT molecular complexity index is 731. The third-order valence-electron chi connectivity index (χ3n) is 3.03. The maximum absolute atomic E-state index is 11.6. The van der Waals surface area contributed by atoms with E-state index in [4.69, 9.17) is 14.2 Å². The highest BCUT2D eigenvalue weighted by Crippen LogP contribution is 2.32. The molecule has 0 fully saturated rings. The van der Waals surface area contributed by atoms with Crippen LogP contribution in [-0.4, -0.2) is 23.6 Å². The van der Waals surface area contributed by atoms with Gasteiger partial charge >= 0.3 is 11.7 Å². The molecule has 7 heteroatoms. The molecule has 0 radical (unpaired) electrons. The minimum Gasteiger partial charge on any atom is -0.479 e. The average Bonchev–Trinajstić information content (AvgIpc) is 2.55. The standard InChI is InChI=1S/C17H17NO6/c1-3-22-17(19)12(2)23-13-7-6-8-14(11-13)24-16-10-5-4-9-15(16)18(20)21/h4-12H,3H2,1-2H3. The first-order chi connectivity index (χ1) is 11.5. The first-order valence-corrected chi connectivity index (χ1v) is 7.36. The van der Waals surface area contributed by atoms with Gasteiger partial charge in [-0.15, -0.1) is 0 Å². The average molecular weight is 331 g/mol. The van der Waals surface area contributed by atoms with Crippen LogP contribution in [0, 0.1) is 10.1 Å². The Kier molecular flexibility index (Phi) is 5.73. The predicted molar refractivity (Wildman–Crippen MR) is 86.3 cm³/mol. The second-order valence-electron chi connectivity index (χ2n) is 4.81. The molecular formula is C17H17NO6. The Hall–Kier alpha value is -3.09. The molecule has 2 aromatic rings. The molecule has 0 bridgehead atoms. The van der Waals surface area contributed by atoms with Crippen LogP contribution in [-0.2, 0) is 9.53 Å². The van der Waals surface area contributed by atoms with E-state index < -0.39 is 17.0 Å². The molecule has 7 nitrogen and oxygen atoms in total. The third-order valence-corrected chi connectivity index (χ3v) is 3.03. The van der Waals surface area contributed by atoms with Crippen LogP contribution in [0.15, 0.2) is 48.5 Å². The van der Waals surface area contributed by atoms with Crippen molar-refractivity contribution in [1.82, 2.24) is 0 Å². The monoisotopic (exact) mass is 331 g/mol. The molecule has 0 amide bonds. The number of nitrogens with zero attached hydrogens (tertiary/aromatic N) is 1. The summed E-state index contributed by atoms with van der Waals surface area (Å²) in [6.07, 6.45) is -0.772. The highest BCUT2D eigenvalue weighted by molar-refractivity contribution is 5.74. The van der Waals surface area contributed by atoms with Gasteiger partial charge in [0.05, 0.1) is 11.5 Å². The number of para-hydroxylation sites is 2. The fourth-order valence-electron chi connectivity index (χ4n) is 1.94. The fourth-order valence-corrected chi connectivity index (χ4v) is 1.94. The summed E-state index contributed by atoms with van der Waals surface area (Å²) in [5.41, 5.74) is -0.135. The van der Waals surface area contributed by atoms with Gasteiger partial charge in [-0.1, -0.05) is 18.2 Å². The first kappa shape index (κ1) is 17.3. The van der Waals surface area contributed by atoms with Crippen molar-refractivity contribution in [3.05, 3.63) is 58.6 Å². The van der Waals surface area contributed by atoms with E-state index in [2.05, 4.69) is 0 Å². The predicted octanol–water partition coefficient (Wildman–Crippen LogP) is 3.72. The lowest BCUT2D eigenvalue weighted by Gasteiger charge is -2.14. The molecule has 0 aliphatic rings. The summed E-state index contributed by atoms with van der Waals surface area (Å²) >= 11 is 0. The summed E-state index contributed by atoms with van der Waals surface area (Å²) < 4.78 is 15.9. The van der Waals surface area contributed by atoms with Gasteiger partial charge in [-0.3, -0.25) is 10.1 Å². The van der Waals surface area contributed by atoms with Gasteiger partial charge in [0.1, 0.15) is 11.5 Å². The zero-order valence-electron chi connectivity index (χ0n) is 13.3. The quantitative estimate of drug-likeness (QED) is 0.436. The molecule has 2 aromatic carbocycles. The van der Waals surface area contributed by atoms with E-state index in [1.165, 1.54) is 12.1 Å². The van der Waals surface area contributed by atoms with Crippen molar-refractivity contribution >= 4 is 11.7 Å². The Labute approximate surface area is 138 Å². The number of nitro benzene ring substituents is 1. The van der Waals surface area contributed by atoms with E-state index in [0.29, 0.717) is 11.5 Å². The van der Waals surface area contributed by atoms with Crippen LogP contribution in [0.1, 0.15) is 13.8 Å².